The standard InChI is InChI=1S/C26H37N3O2/c1-2-25(30)20-27-22-16-18-29(19-17-22)24-14-12-23(13-15-24)28-26(31)11-7-6-10-21-8-4-3-5-9-21/h3-5,8-9,12-15,22,25,27,30H,2,6-7,10-11,16-20H2,1H3,(H,28,31)/t25-/m0/s1. The molecular formula is C26H37N3O2. The minimum absolute atomic E-state index is 0.0852. The van der Waals surface area contributed by atoms with Gasteiger partial charge in [0.15, 0.2) is 0 Å². The summed E-state index contributed by atoms with van der Waals surface area (Å²) in [5.41, 5.74) is 3.40. The van der Waals surface area contributed by atoms with E-state index in [-0.39, 0.29) is 12.0 Å². The lowest BCUT2D eigenvalue weighted by Crippen LogP contribution is -2.44. The summed E-state index contributed by atoms with van der Waals surface area (Å²) in [5, 5.41) is 16.2. The van der Waals surface area contributed by atoms with E-state index in [1.165, 1.54) is 11.3 Å². The Hall–Kier alpha value is -2.37. The van der Waals surface area contributed by atoms with Gasteiger partial charge in [-0.1, -0.05) is 37.3 Å². The summed E-state index contributed by atoms with van der Waals surface area (Å²) in [6.07, 6.45) is 6.22. The van der Waals surface area contributed by atoms with Crippen LogP contribution in [0.5, 0.6) is 0 Å². The SMILES string of the molecule is CC[C@H](O)CNC1CCN(c2ccc(NC(=O)CCCCc3ccccc3)cc2)CC1. The third kappa shape index (κ3) is 8.00. The van der Waals surface area contributed by atoms with Crippen LogP contribution >= 0.6 is 0 Å². The summed E-state index contributed by atoms with van der Waals surface area (Å²) in [5.74, 6) is 0.0852. The first-order valence-corrected chi connectivity index (χ1v) is 11.7. The Morgan fingerprint density at radius 3 is 2.45 bits per heavy atom. The Kier molecular flexibility index (Phi) is 9.38. The predicted octanol–water partition coefficient (Wildman–Crippen LogP) is 4.37. The van der Waals surface area contributed by atoms with Crippen molar-refractivity contribution in [2.24, 2.45) is 0 Å². The molecule has 1 amide bonds. The molecule has 1 aliphatic rings. The molecule has 0 saturated carbocycles. The van der Waals surface area contributed by atoms with Gasteiger partial charge in [-0.05, 0) is 68.4 Å². The lowest BCUT2D eigenvalue weighted by Gasteiger charge is -2.34. The van der Waals surface area contributed by atoms with Crippen LogP contribution in [0.3, 0.4) is 0 Å². The van der Waals surface area contributed by atoms with Gasteiger partial charge >= 0.3 is 0 Å². The number of carbonyl (C=O) groups excluding carboxylic acids is 1. The number of nitrogens with zero attached hydrogens (tertiary/aromatic N) is 1. The van der Waals surface area contributed by atoms with E-state index in [1.54, 1.807) is 0 Å². The average molecular weight is 424 g/mol. The molecule has 2 aromatic rings. The van der Waals surface area contributed by atoms with Crippen molar-refractivity contribution in [2.45, 2.75) is 64.0 Å². The van der Waals surface area contributed by atoms with Crippen molar-refractivity contribution >= 4 is 17.3 Å². The van der Waals surface area contributed by atoms with Crippen molar-refractivity contribution in [2.75, 3.05) is 29.9 Å². The second-order valence-electron chi connectivity index (χ2n) is 8.52. The van der Waals surface area contributed by atoms with Crippen LogP contribution in [0.1, 0.15) is 51.0 Å². The van der Waals surface area contributed by atoms with Gasteiger partial charge in [-0.3, -0.25) is 4.79 Å². The van der Waals surface area contributed by atoms with Gasteiger partial charge in [0, 0.05) is 43.5 Å². The maximum Gasteiger partial charge on any atom is 0.224 e. The van der Waals surface area contributed by atoms with Gasteiger partial charge in [-0.2, -0.15) is 0 Å². The number of rotatable bonds is 11. The van der Waals surface area contributed by atoms with E-state index in [1.807, 2.05) is 25.1 Å². The topological polar surface area (TPSA) is 64.6 Å². The first-order valence-electron chi connectivity index (χ1n) is 11.7. The summed E-state index contributed by atoms with van der Waals surface area (Å²) in [4.78, 5) is 14.6. The number of carbonyl (C=O) groups is 1. The van der Waals surface area contributed by atoms with Crippen molar-refractivity contribution in [1.29, 1.82) is 0 Å². The summed E-state index contributed by atoms with van der Waals surface area (Å²) in [7, 11) is 0. The zero-order valence-electron chi connectivity index (χ0n) is 18.7. The molecule has 0 bridgehead atoms. The van der Waals surface area contributed by atoms with Gasteiger partial charge in [0.1, 0.15) is 0 Å². The average Bonchev–Trinajstić information content (AvgIpc) is 2.82. The molecule has 3 rings (SSSR count). The predicted molar refractivity (Wildman–Crippen MR) is 129 cm³/mol. The van der Waals surface area contributed by atoms with Crippen LogP contribution in [0, 0.1) is 0 Å². The first kappa shape index (κ1) is 23.3. The summed E-state index contributed by atoms with van der Waals surface area (Å²) >= 11 is 0. The van der Waals surface area contributed by atoms with Gasteiger partial charge in [-0.25, -0.2) is 0 Å². The van der Waals surface area contributed by atoms with Crippen LogP contribution in [0.2, 0.25) is 0 Å². The minimum atomic E-state index is -0.246. The molecular weight excluding hydrogens is 386 g/mol. The van der Waals surface area contributed by atoms with Crippen molar-refractivity contribution < 1.29 is 9.90 Å². The normalized spacial score (nSPS) is 15.6. The molecule has 2 aromatic carbocycles. The van der Waals surface area contributed by atoms with Gasteiger partial charge in [0.2, 0.25) is 5.91 Å². The fourth-order valence-corrected chi connectivity index (χ4v) is 4.03. The Bertz CT molecular complexity index is 771. The molecule has 3 N–H and O–H groups in total. The number of aliphatic hydroxyl groups excluding tert-OH is 1. The number of nitrogens with one attached hydrogen (secondary N) is 2. The number of hydrogen-bond acceptors (Lipinski definition) is 4. The second kappa shape index (κ2) is 12.5. The van der Waals surface area contributed by atoms with Crippen molar-refractivity contribution in [3.05, 3.63) is 60.2 Å². The minimum Gasteiger partial charge on any atom is -0.392 e. The third-order valence-corrected chi connectivity index (χ3v) is 6.09. The number of benzene rings is 2. The molecule has 5 nitrogen and oxygen atoms in total. The smallest absolute Gasteiger partial charge is 0.224 e. The van der Waals surface area contributed by atoms with E-state index in [4.69, 9.17) is 0 Å². The Morgan fingerprint density at radius 1 is 1.06 bits per heavy atom. The number of anilines is 2. The second-order valence-corrected chi connectivity index (χ2v) is 8.52. The molecule has 168 valence electrons. The molecule has 0 radical (unpaired) electrons. The molecule has 1 aliphatic heterocycles. The number of amides is 1. The highest BCUT2D eigenvalue weighted by atomic mass is 16.3. The monoisotopic (exact) mass is 423 g/mol. The summed E-state index contributed by atoms with van der Waals surface area (Å²) < 4.78 is 0. The van der Waals surface area contributed by atoms with E-state index in [0.29, 0.717) is 19.0 Å². The number of unbranched alkanes of at least 4 members (excludes halogenated alkanes) is 1. The van der Waals surface area contributed by atoms with E-state index in [9.17, 15) is 9.90 Å². The van der Waals surface area contributed by atoms with Crippen LogP contribution in [-0.2, 0) is 11.2 Å². The van der Waals surface area contributed by atoms with Gasteiger partial charge in [0.05, 0.1) is 6.10 Å². The fraction of sp³-hybridized carbons (Fsp3) is 0.500. The third-order valence-electron chi connectivity index (χ3n) is 6.09. The zero-order chi connectivity index (χ0) is 21.9. The van der Waals surface area contributed by atoms with Crippen LogP contribution in [0.4, 0.5) is 11.4 Å². The van der Waals surface area contributed by atoms with Crippen LogP contribution < -0.4 is 15.5 Å². The molecule has 1 saturated heterocycles. The van der Waals surface area contributed by atoms with Crippen molar-refractivity contribution in [3.8, 4) is 0 Å². The molecule has 0 aliphatic carbocycles. The molecule has 1 fully saturated rings. The van der Waals surface area contributed by atoms with E-state index >= 15 is 0 Å². The Labute approximate surface area is 186 Å². The summed E-state index contributed by atoms with van der Waals surface area (Å²) in [6.45, 7) is 4.70. The maximum absolute atomic E-state index is 12.2. The van der Waals surface area contributed by atoms with Gasteiger partial charge < -0.3 is 20.6 Å². The zero-order valence-corrected chi connectivity index (χ0v) is 18.7. The molecule has 0 unspecified atom stereocenters. The highest BCUT2D eigenvalue weighted by Crippen LogP contribution is 2.22. The van der Waals surface area contributed by atoms with E-state index in [2.05, 4.69) is 51.9 Å². The van der Waals surface area contributed by atoms with Crippen LogP contribution in [-0.4, -0.2) is 42.8 Å². The largest absolute Gasteiger partial charge is 0.392 e. The number of hydrogen-bond donors (Lipinski definition) is 3. The van der Waals surface area contributed by atoms with Crippen molar-refractivity contribution in [3.63, 3.8) is 0 Å². The number of aryl methyl sites for hydroxylation is 1. The molecule has 0 aromatic heterocycles. The van der Waals surface area contributed by atoms with Gasteiger partial charge in [0.25, 0.3) is 0 Å². The van der Waals surface area contributed by atoms with Crippen molar-refractivity contribution in [1.82, 2.24) is 5.32 Å². The Morgan fingerprint density at radius 2 is 1.77 bits per heavy atom. The highest BCUT2D eigenvalue weighted by molar-refractivity contribution is 5.90. The Balaban J connectivity index is 1.34. The van der Waals surface area contributed by atoms with Crippen LogP contribution in [0.15, 0.2) is 54.6 Å². The molecule has 1 atom stereocenters. The number of aliphatic hydroxyl groups is 1. The maximum atomic E-state index is 12.2. The van der Waals surface area contributed by atoms with E-state index in [0.717, 1.165) is 57.3 Å². The lowest BCUT2D eigenvalue weighted by atomic mass is 10.0. The first-order chi connectivity index (χ1) is 15.1. The highest BCUT2D eigenvalue weighted by Gasteiger charge is 2.19. The summed E-state index contributed by atoms with van der Waals surface area (Å²) in [6, 6.07) is 19.1. The van der Waals surface area contributed by atoms with Crippen LogP contribution in [0.25, 0.3) is 0 Å². The molecule has 5 heteroatoms. The van der Waals surface area contributed by atoms with Gasteiger partial charge in [-0.15, -0.1) is 0 Å². The molecule has 31 heavy (non-hydrogen) atoms. The fourth-order valence-electron chi connectivity index (χ4n) is 4.03. The quantitative estimate of drug-likeness (QED) is 0.470. The molecule has 1 heterocycles. The number of piperidine rings is 1. The van der Waals surface area contributed by atoms with E-state index < -0.39 is 0 Å². The molecule has 0 spiro atoms. The lowest BCUT2D eigenvalue weighted by molar-refractivity contribution is -0.116.